The summed E-state index contributed by atoms with van der Waals surface area (Å²) >= 11 is 1.31. The van der Waals surface area contributed by atoms with E-state index in [0.29, 0.717) is 37.7 Å². The Morgan fingerprint density at radius 1 is 1.00 bits per heavy atom. The van der Waals surface area contributed by atoms with Crippen LogP contribution in [-0.2, 0) is 16.0 Å². The Labute approximate surface area is 205 Å². The number of carboxylic acid groups (broad SMARTS) is 1. The van der Waals surface area contributed by atoms with Gasteiger partial charge in [0.15, 0.2) is 0 Å². The molecular formula is C25H26F2N2O5S. The number of nitrogens with one attached hydrogen (secondary N) is 2. The second-order valence-electron chi connectivity index (χ2n) is 8.65. The van der Waals surface area contributed by atoms with Crippen LogP contribution in [0.25, 0.3) is 0 Å². The Bertz CT molecular complexity index is 1120. The van der Waals surface area contributed by atoms with Crippen LogP contribution in [0.15, 0.2) is 41.3 Å². The predicted molar refractivity (Wildman–Crippen MR) is 126 cm³/mol. The molecule has 1 saturated carbocycles. The van der Waals surface area contributed by atoms with Crippen LogP contribution in [0.1, 0.15) is 41.6 Å². The Kier molecular flexibility index (Phi) is 7.90. The maximum absolute atomic E-state index is 14.5. The van der Waals surface area contributed by atoms with Crippen molar-refractivity contribution in [3.05, 3.63) is 59.2 Å². The molecular weight excluding hydrogens is 478 g/mol. The highest BCUT2D eigenvalue weighted by Gasteiger charge is 2.30. The lowest BCUT2D eigenvalue weighted by molar-refractivity contribution is -0.143. The molecule has 35 heavy (non-hydrogen) atoms. The molecule has 2 aromatic carbocycles. The summed E-state index contributed by atoms with van der Waals surface area (Å²) in [5, 5.41) is 13.9. The maximum atomic E-state index is 14.5. The molecule has 0 aromatic heterocycles. The van der Waals surface area contributed by atoms with Crippen LogP contribution in [0, 0.1) is 17.6 Å². The third-order valence-corrected chi connectivity index (χ3v) is 7.55. The fourth-order valence-electron chi connectivity index (χ4n) is 4.32. The number of hydrogen-bond donors (Lipinski definition) is 3. The van der Waals surface area contributed by atoms with Crippen molar-refractivity contribution in [3.8, 4) is 5.75 Å². The smallest absolute Gasteiger partial charge is 0.306 e. The number of fused-ring (bicyclic) bond motifs is 1. The van der Waals surface area contributed by atoms with Gasteiger partial charge in [0.2, 0.25) is 5.91 Å². The van der Waals surface area contributed by atoms with Gasteiger partial charge in [-0.2, -0.15) is 0 Å². The van der Waals surface area contributed by atoms with Crippen LogP contribution in [-0.4, -0.2) is 47.3 Å². The molecule has 0 saturated heterocycles. The van der Waals surface area contributed by atoms with E-state index in [1.54, 1.807) is 12.1 Å². The Hall–Kier alpha value is -3.14. The molecule has 1 atom stereocenters. The van der Waals surface area contributed by atoms with Gasteiger partial charge in [-0.15, -0.1) is 11.8 Å². The summed E-state index contributed by atoms with van der Waals surface area (Å²) in [4.78, 5) is 36.5. The molecule has 2 amide bonds. The van der Waals surface area contributed by atoms with Crippen molar-refractivity contribution >= 4 is 29.5 Å². The van der Waals surface area contributed by atoms with Crippen molar-refractivity contribution in [2.75, 3.05) is 13.1 Å². The number of rotatable bonds is 8. The summed E-state index contributed by atoms with van der Waals surface area (Å²) in [6.45, 7) is 0.260. The van der Waals surface area contributed by atoms with Gasteiger partial charge >= 0.3 is 5.97 Å². The summed E-state index contributed by atoms with van der Waals surface area (Å²) in [6.07, 6.45) is 2.31. The quantitative estimate of drug-likeness (QED) is 0.475. The molecule has 0 radical (unpaired) electrons. The molecule has 4 rings (SSSR count). The van der Waals surface area contributed by atoms with E-state index in [9.17, 15) is 23.2 Å². The first-order chi connectivity index (χ1) is 16.8. The second-order valence-corrected chi connectivity index (χ2v) is 9.89. The van der Waals surface area contributed by atoms with E-state index in [1.807, 2.05) is 0 Å². The highest BCUT2D eigenvalue weighted by Crippen LogP contribution is 2.38. The average Bonchev–Trinajstić information content (AvgIpc) is 3.28. The minimum Gasteiger partial charge on any atom is -0.490 e. The molecule has 0 spiro atoms. The minimum atomic E-state index is -0.803. The van der Waals surface area contributed by atoms with E-state index in [-0.39, 0.29) is 48.1 Å². The van der Waals surface area contributed by atoms with Crippen molar-refractivity contribution in [1.82, 2.24) is 10.6 Å². The normalized spacial score (nSPS) is 21.1. The summed E-state index contributed by atoms with van der Waals surface area (Å²) in [7, 11) is 0. The van der Waals surface area contributed by atoms with Gasteiger partial charge in [0, 0.05) is 29.6 Å². The van der Waals surface area contributed by atoms with Crippen LogP contribution in [0.5, 0.6) is 5.75 Å². The van der Waals surface area contributed by atoms with E-state index in [1.165, 1.54) is 30.0 Å². The lowest BCUT2D eigenvalue weighted by Gasteiger charge is -2.26. The van der Waals surface area contributed by atoms with Crippen LogP contribution in [0.4, 0.5) is 8.78 Å². The molecule has 1 aliphatic carbocycles. The zero-order valence-corrected chi connectivity index (χ0v) is 19.7. The number of amides is 2. The van der Waals surface area contributed by atoms with Crippen LogP contribution in [0.2, 0.25) is 0 Å². The minimum absolute atomic E-state index is 0.105. The fourth-order valence-corrected chi connectivity index (χ4v) is 5.55. The molecule has 2 aliphatic rings. The summed E-state index contributed by atoms with van der Waals surface area (Å²) in [6, 6.07) is 8.76. The van der Waals surface area contributed by atoms with Crippen LogP contribution in [0.3, 0.4) is 0 Å². The Morgan fingerprint density at radius 2 is 1.74 bits per heavy atom. The highest BCUT2D eigenvalue weighted by molar-refractivity contribution is 8.01. The number of halogens is 2. The summed E-state index contributed by atoms with van der Waals surface area (Å²) < 4.78 is 34.1. The van der Waals surface area contributed by atoms with Gasteiger partial charge in [0.05, 0.1) is 22.8 Å². The van der Waals surface area contributed by atoms with Gasteiger partial charge in [-0.05, 0) is 56.4 Å². The van der Waals surface area contributed by atoms with E-state index in [2.05, 4.69) is 10.6 Å². The van der Waals surface area contributed by atoms with Crippen molar-refractivity contribution in [2.24, 2.45) is 5.92 Å². The Balaban J connectivity index is 1.20. The standard InChI is InChI=1S/C25H26F2N2O5S/c26-19-2-1-3-21-18(19)13-22(35-21)24(31)29-11-10-28-23(30)17-9-8-16(12-20(17)27)34-15-6-4-14(5-7-15)25(32)33/h1-3,8-9,12,14-15,22H,4-7,10-11,13H2,(H,28,30)(H,29,31)(H,32,33). The monoisotopic (exact) mass is 504 g/mol. The van der Waals surface area contributed by atoms with Gasteiger partial charge < -0.3 is 20.5 Å². The van der Waals surface area contributed by atoms with Gasteiger partial charge in [-0.25, -0.2) is 8.78 Å². The molecule has 3 N–H and O–H groups in total. The van der Waals surface area contributed by atoms with Gasteiger partial charge in [-0.3, -0.25) is 14.4 Å². The topological polar surface area (TPSA) is 105 Å². The molecule has 2 aromatic rings. The van der Waals surface area contributed by atoms with E-state index >= 15 is 0 Å². The number of ether oxygens (including phenoxy) is 1. The van der Waals surface area contributed by atoms with E-state index in [0.717, 1.165) is 11.0 Å². The largest absolute Gasteiger partial charge is 0.490 e. The van der Waals surface area contributed by atoms with Crippen molar-refractivity contribution in [1.29, 1.82) is 0 Å². The lowest BCUT2D eigenvalue weighted by atomic mass is 9.87. The maximum Gasteiger partial charge on any atom is 0.306 e. The predicted octanol–water partition coefficient (Wildman–Crippen LogP) is 3.55. The first-order valence-corrected chi connectivity index (χ1v) is 12.4. The zero-order chi connectivity index (χ0) is 24.9. The van der Waals surface area contributed by atoms with Crippen molar-refractivity contribution in [3.63, 3.8) is 0 Å². The van der Waals surface area contributed by atoms with Crippen LogP contribution >= 0.6 is 11.8 Å². The first kappa shape index (κ1) is 25.0. The molecule has 1 heterocycles. The van der Waals surface area contributed by atoms with Crippen LogP contribution < -0.4 is 15.4 Å². The second kappa shape index (κ2) is 11.1. The van der Waals surface area contributed by atoms with Gasteiger partial charge in [0.25, 0.3) is 5.91 Å². The van der Waals surface area contributed by atoms with Crippen molar-refractivity contribution < 1.29 is 33.0 Å². The number of benzene rings is 2. The third kappa shape index (κ3) is 6.11. The molecule has 1 fully saturated rings. The third-order valence-electron chi connectivity index (χ3n) is 6.25. The first-order valence-electron chi connectivity index (χ1n) is 11.5. The molecule has 1 aliphatic heterocycles. The number of hydrogen-bond acceptors (Lipinski definition) is 5. The number of carbonyl (C=O) groups is 3. The summed E-state index contributed by atoms with van der Waals surface area (Å²) in [5.74, 6) is -2.79. The van der Waals surface area contributed by atoms with Crippen molar-refractivity contribution in [2.45, 2.75) is 48.4 Å². The fraction of sp³-hybridized carbons (Fsp3) is 0.400. The van der Waals surface area contributed by atoms with E-state index < -0.39 is 22.9 Å². The zero-order valence-electron chi connectivity index (χ0n) is 18.9. The average molecular weight is 505 g/mol. The lowest BCUT2D eigenvalue weighted by Crippen LogP contribution is -2.38. The summed E-state index contributed by atoms with van der Waals surface area (Å²) in [5.41, 5.74) is 0.400. The molecule has 186 valence electrons. The van der Waals surface area contributed by atoms with Gasteiger partial charge in [0.1, 0.15) is 17.4 Å². The van der Waals surface area contributed by atoms with Gasteiger partial charge in [-0.1, -0.05) is 6.07 Å². The van der Waals surface area contributed by atoms with E-state index in [4.69, 9.17) is 9.84 Å². The number of carbonyl (C=O) groups excluding carboxylic acids is 2. The molecule has 1 unspecified atom stereocenters. The molecule has 10 heteroatoms. The molecule has 7 nitrogen and oxygen atoms in total. The highest BCUT2D eigenvalue weighted by atomic mass is 32.2. The SMILES string of the molecule is O=C(NCCNC(=O)C1Cc2c(F)cccc2S1)c1ccc(OC2CCC(C(=O)O)CC2)cc1F. The number of carboxylic acids is 1. The number of aliphatic carboxylic acids is 1. The Morgan fingerprint density at radius 3 is 2.43 bits per heavy atom. The molecule has 0 bridgehead atoms. The number of thioether (sulfide) groups is 1.